The summed E-state index contributed by atoms with van der Waals surface area (Å²) in [4.78, 5) is 23.5. The third-order valence-electron chi connectivity index (χ3n) is 4.13. The van der Waals surface area contributed by atoms with Crippen LogP contribution in [0.4, 0.5) is 0 Å². The van der Waals surface area contributed by atoms with Crippen molar-refractivity contribution < 1.29 is 22.7 Å². The van der Waals surface area contributed by atoms with Crippen LogP contribution in [0.2, 0.25) is 5.02 Å². The summed E-state index contributed by atoms with van der Waals surface area (Å²) >= 11 is 5.71. The van der Waals surface area contributed by atoms with Crippen molar-refractivity contribution >= 4 is 33.5 Å². The van der Waals surface area contributed by atoms with Gasteiger partial charge in [-0.25, -0.2) is 13.1 Å². The number of rotatable bonds is 9. The molecule has 146 valence electrons. The van der Waals surface area contributed by atoms with Gasteiger partial charge in [-0.2, -0.15) is 5.26 Å². The number of amides is 1. The van der Waals surface area contributed by atoms with E-state index >= 15 is 0 Å². The minimum Gasteiger partial charge on any atom is -0.456 e. The van der Waals surface area contributed by atoms with Crippen molar-refractivity contribution in [1.29, 1.82) is 5.26 Å². The quantitative estimate of drug-likeness (QED) is 0.589. The van der Waals surface area contributed by atoms with Crippen molar-refractivity contribution in [3.8, 4) is 6.07 Å². The summed E-state index contributed by atoms with van der Waals surface area (Å²) in [5.74, 6) is -1.18. The zero-order valence-corrected chi connectivity index (χ0v) is 16.3. The molecular weight excluding hydrogens is 394 g/mol. The van der Waals surface area contributed by atoms with Gasteiger partial charge in [0.05, 0.1) is 17.4 Å². The van der Waals surface area contributed by atoms with Crippen LogP contribution >= 0.6 is 11.6 Å². The van der Waals surface area contributed by atoms with Crippen molar-refractivity contribution in [3.63, 3.8) is 0 Å². The number of sulfonamides is 1. The summed E-state index contributed by atoms with van der Waals surface area (Å²) in [6.45, 7) is 0.937. The average molecular weight is 414 g/mol. The maximum Gasteiger partial charge on any atom is 0.307 e. The maximum absolute atomic E-state index is 12.0. The number of esters is 1. The predicted octanol–water partition coefficient (Wildman–Crippen LogP) is 1.36. The van der Waals surface area contributed by atoms with E-state index in [4.69, 9.17) is 16.3 Å². The number of nitriles is 1. The largest absolute Gasteiger partial charge is 0.456 e. The Kier molecular flexibility index (Phi) is 6.81. The molecule has 27 heavy (non-hydrogen) atoms. The summed E-state index contributed by atoms with van der Waals surface area (Å²) in [5.41, 5.74) is -0.961. The number of halogens is 1. The van der Waals surface area contributed by atoms with Gasteiger partial charge in [-0.1, -0.05) is 11.6 Å². The molecular formula is C17H20ClN3O5S. The van der Waals surface area contributed by atoms with E-state index in [1.807, 2.05) is 0 Å². The van der Waals surface area contributed by atoms with E-state index in [0.717, 1.165) is 12.8 Å². The third-order valence-corrected chi connectivity index (χ3v) is 5.86. The standard InChI is InChI=1S/C17H20ClN3O5S/c1-17(11-19,12-2-3-12)21-15(22)10-26-16(23)8-9-20-27(24,25)14-6-4-13(18)5-7-14/h4-7,12,20H,2-3,8-10H2,1H3,(H,21,22)/t17-/m1/s1. The Bertz CT molecular complexity index is 846. The van der Waals surface area contributed by atoms with E-state index in [9.17, 15) is 23.3 Å². The number of hydrogen-bond acceptors (Lipinski definition) is 6. The molecule has 0 radical (unpaired) electrons. The first-order valence-electron chi connectivity index (χ1n) is 8.29. The molecule has 0 bridgehead atoms. The van der Waals surface area contributed by atoms with E-state index in [1.165, 1.54) is 24.3 Å². The topological polar surface area (TPSA) is 125 Å². The van der Waals surface area contributed by atoms with Crippen LogP contribution in [0.3, 0.4) is 0 Å². The second kappa shape index (κ2) is 8.69. The fourth-order valence-corrected chi connectivity index (χ4v) is 3.57. The molecule has 1 aliphatic rings. The van der Waals surface area contributed by atoms with E-state index in [2.05, 4.69) is 16.1 Å². The van der Waals surface area contributed by atoms with Gasteiger partial charge in [0.15, 0.2) is 6.61 Å². The number of nitrogens with zero attached hydrogens (tertiary/aromatic N) is 1. The Labute approximate surface area is 162 Å². The molecule has 8 nitrogen and oxygen atoms in total. The fourth-order valence-electron chi connectivity index (χ4n) is 2.41. The van der Waals surface area contributed by atoms with Crippen LogP contribution in [0.1, 0.15) is 26.2 Å². The van der Waals surface area contributed by atoms with Crippen LogP contribution in [0.5, 0.6) is 0 Å². The van der Waals surface area contributed by atoms with E-state index in [-0.39, 0.29) is 23.8 Å². The van der Waals surface area contributed by atoms with E-state index in [1.54, 1.807) is 6.92 Å². The molecule has 1 aromatic rings. The number of carbonyl (C=O) groups is 2. The van der Waals surface area contributed by atoms with Gasteiger partial charge in [-0.3, -0.25) is 9.59 Å². The van der Waals surface area contributed by atoms with Crippen LogP contribution < -0.4 is 10.0 Å². The Hall–Kier alpha value is -2.15. The Morgan fingerprint density at radius 1 is 1.33 bits per heavy atom. The highest BCUT2D eigenvalue weighted by Crippen LogP contribution is 2.39. The number of nitrogens with one attached hydrogen (secondary N) is 2. The van der Waals surface area contributed by atoms with Crippen molar-refractivity contribution in [3.05, 3.63) is 29.3 Å². The summed E-state index contributed by atoms with van der Waals surface area (Å²) < 4.78 is 31.2. The average Bonchev–Trinajstić information content (AvgIpc) is 3.45. The maximum atomic E-state index is 12.0. The minimum atomic E-state index is -3.77. The highest BCUT2D eigenvalue weighted by atomic mass is 35.5. The van der Waals surface area contributed by atoms with Crippen LogP contribution in [-0.4, -0.2) is 39.0 Å². The van der Waals surface area contributed by atoms with Crippen LogP contribution in [-0.2, 0) is 24.3 Å². The second-order valence-electron chi connectivity index (χ2n) is 6.40. The van der Waals surface area contributed by atoms with Gasteiger partial charge in [0, 0.05) is 11.6 Å². The number of carbonyl (C=O) groups excluding carboxylic acids is 2. The summed E-state index contributed by atoms with van der Waals surface area (Å²) in [6, 6.07) is 7.65. The third kappa shape index (κ3) is 6.20. The monoisotopic (exact) mass is 413 g/mol. The van der Waals surface area contributed by atoms with E-state index < -0.39 is 34.0 Å². The molecule has 10 heteroatoms. The zero-order chi connectivity index (χ0) is 20.1. The predicted molar refractivity (Wildman–Crippen MR) is 97.1 cm³/mol. The lowest BCUT2D eigenvalue weighted by Gasteiger charge is -2.22. The number of benzene rings is 1. The van der Waals surface area contributed by atoms with Gasteiger partial charge in [-0.15, -0.1) is 0 Å². The van der Waals surface area contributed by atoms with Crippen molar-refractivity contribution in [2.45, 2.75) is 36.6 Å². The Morgan fingerprint density at radius 2 is 1.96 bits per heavy atom. The second-order valence-corrected chi connectivity index (χ2v) is 8.60. The zero-order valence-electron chi connectivity index (χ0n) is 14.7. The lowest BCUT2D eigenvalue weighted by Crippen LogP contribution is -2.48. The van der Waals surface area contributed by atoms with Gasteiger partial charge < -0.3 is 10.1 Å². The molecule has 1 amide bonds. The first-order chi connectivity index (χ1) is 12.7. The van der Waals surface area contributed by atoms with Crippen molar-refractivity contribution in [2.75, 3.05) is 13.2 Å². The SMILES string of the molecule is C[C@](C#N)(NC(=O)COC(=O)CCNS(=O)(=O)c1ccc(Cl)cc1)C1CC1. The fraction of sp³-hybridized carbons (Fsp3) is 0.471. The smallest absolute Gasteiger partial charge is 0.307 e. The highest BCUT2D eigenvalue weighted by molar-refractivity contribution is 7.89. The molecule has 0 aliphatic heterocycles. The number of ether oxygens (including phenoxy) is 1. The van der Waals surface area contributed by atoms with Crippen LogP contribution in [0.25, 0.3) is 0 Å². The summed E-state index contributed by atoms with van der Waals surface area (Å²) in [5, 5.41) is 12.2. The molecule has 0 heterocycles. The van der Waals surface area contributed by atoms with Gasteiger partial charge in [0.25, 0.3) is 5.91 Å². The molecule has 1 aromatic carbocycles. The van der Waals surface area contributed by atoms with Crippen LogP contribution in [0.15, 0.2) is 29.2 Å². The van der Waals surface area contributed by atoms with Crippen molar-refractivity contribution in [2.24, 2.45) is 5.92 Å². The molecule has 1 fully saturated rings. The first-order valence-corrected chi connectivity index (χ1v) is 10.2. The van der Waals surface area contributed by atoms with Gasteiger partial charge in [0.2, 0.25) is 10.0 Å². The Morgan fingerprint density at radius 3 is 2.52 bits per heavy atom. The molecule has 0 spiro atoms. The van der Waals surface area contributed by atoms with Gasteiger partial charge in [0.1, 0.15) is 5.54 Å². The lowest BCUT2D eigenvalue weighted by molar-refractivity contribution is -0.148. The molecule has 0 unspecified atom stereocenters. The van der Waals surface area contributed by atoms with Gasteiger partial charge in [-0.05, 0) is 49.9 Å². The minimum absolute atomic E-state index is 0.0236. The van der Waals surface area contributed by atoms with Crippen LogP contribution in [0, 0.1) is 17.2 Å². The normalized spacial score (nSPS) is 16.0. The molecule has 2 N–H and O–H groups in total. The molecule has 0 saturated heterocycles. The van der Waals surface area contributed by atoms with E-state index in [0.29, 0.717) is 5.02 Å². The van der Waals surface area contributed by atoms with Gasteiger partial charge >= 0.3 is 5.97 Å². The molecule has 1 aliphatic carbocycles. The lowest BCUT2D eigenvalue weighted by atomic mass is 9.98. The highest BCUT2D eigenvalue weighted by Gasteiger charge is 2.43. The molecule has 1 atom stereocenters. The number of hydrogen-bond donors (Lipinski definition) is 2. The molecule has 2 rings (SSSR count). The Balaban J connectivity index is 1.72. The first kappa shape index (κ1) is 21.2. The molecule has 0 aromatic heterocycles. The molecule has 1 saturated carbocycles. The van der Waals surface area contributed by atoms with Crippen molar-refractivity contribution in [1.82, 2.24) is 10.0 Å². The summed E-state index contributed by atoms with van der Waals surface area (Å²) in [7, 11) is -3.77. The summed E-state index contributed by atoms with van der Waals surface area (Å²) in [6.07, 6.45) is 1.51.